The Morgan fingerprint density at radius 2 is 0.557 bits per heavy atom. The number of carbonyl (C=O) groups excluding carboxylic acids is 3. The lowest BCUT2D eigenvalue weighted by Gasteiger charge is -2.18. The van der Waals surface area contributed by atoms with E-state index in [-0.39, 0.29) is 31.1 Å². The van der Waals surface area contributed by atoms with E-state index >= 15 is 0 Å². The summed E-state index contributed by atoms with van der Waals surface area (Å²) in [6, 6.07) is 0. The molecule has 0 aliphatic heterocycles. The molecule has 0 aromatic heterocycles. The van der Waals surface area contributed by atoms with Gasteiger partial charge >= 0.3 is 17.9 Å². The van der Waals surface area contributed by atoms with Gasteiger partial charge in [0.1, 0.15) is 13.2 Å². The van der Waals surface area contributed by atoms with E-state index in [9.17, 15) is 14.4 Å². The standard InChI is InChI=1S/C64H116O6/c1-4-7-10-13-16-19-22-24-26-27-28-29-30-31-32-33-34-35-36-37-39-40-42-45-48-51-54-57-63(66)69-60-61(59-68-62(65)56-53-50-47-44-21-18-15-12-9-6-3)70-64(67)58-55-52-49-46-43-41-38-25-23-20-17-14-11-8-5-2/h7,10,16,19,24,26,28-29,61H,4-6,8-9,11-15,17-18,20-23,25,27,30-60H2,1-3H3/b10-7-,19-16-,26-24-,29-28-. The Labute approximate surface area is 435 Å². The number of hydrogen-bond donors (Lipinski definition) is 0. The number of esters is 3. The predicted molar refractivity (Wildman–Crippen MR) is 302 cm³/mol. The van der Waals surface area contributed by atoms with Gasteiger partial charge < -0.3 is 14.2 Å². The molecule has 0 N–H and O–H groups in total. The van der Waals surface area contributed by atoms with Gasteiger partial charge in [0.2, 0.25) is 0 Å². The van der Waals surface area contributed by atoms with Gasteiger partial charge in [0.05, 0.1) is 0 Å². The maximum absolute atomic E-state index is 12.8. The fourth-order valence-corrected chi connectivity index (χ4v) is 9.02. The van der Waals surface area contributed by atoms with Crippen LogP contribution in [0.2, 0.25) is 0 Å². The maximum Gasteiger partial charge on any atom is 0.306 e. The first-order chi connectivity index (χ1) is 34.5. The lowest BCUT2D eigenvalue weighted by Crippen LogP contribution is -2.30. The molecule has 0 heterocycles. The highest BCUT2D eigenvalue weighted by Gasteiger charge is 2.19. The highest BCUT2D eigenvalue weighted by atomic mass is 16.6. The molecule has 0 aliphatic rings. The molecule has 6 heteroatoms. The first kappa shape index (κ1) is 67.4. The predicted octanol–water partition coefficient (Wildman–Crippen LogP) is 20.6. The van der Waals surface area contributed by atoms with Crippen molar-refractivity contribution >= 4 is 17.9 Å². The summed E-state index contributed by atoms with van der Waals surface area (Å²) in [4.78, 5) is 38.1. The molecule has 0 aliphatic carbocycles. The van der Waals surface area contributed by atoms with Crippen molar-refractivity contribution in [2.24, 2.45) is 0 Å². The number of carbonyl (C=O) groups is 3. The van der Waals surface area contributed by atoms with E-state index in [0.29, 0.717) is 19.3 Å². The summed E-state index contributed by atoms with van der Waals surface area (Å²) in [5, 5.41) is 0. The van der Waals surface area contributed by atoms with Crippen molar-refractivity contribution in [1.29, 1.82) is 0 Å². The Bertz CT molecular complexity index is 1220. The van der Waals surface area contributed by atoms with Crippen molar-refractivity contribution in [1.82, 2.24) is 0 Å². The van der Waals surface area contributed by atoms with Crippen molar-refractivity contribution in [2.45, 2.75) is 329 Å². The minimum absolute atomic E-state index is 0.0672. The normalized spacial score (nSPS) is 12.3. The summed E-state index contributed by atoms with van der Waals surface area (Å²) in [5.74, 6) is -0.850. The van der Waals surface area contributed by atoms with E-state index in [4.69, 9.17) is 14.2 Å². The molecular weight excluding hydrogens is 865 g/mol. The molecule has 70 heavy (non-hydrogen) atoms. The summed E-state index contributed by atoms with van der Waals surface area (Å²) in [6.45, 7) is 6.56. The second-order valence-corrected chi connectivity index (χ2v) is 20.6. The SMILES string of the molecule is CC/C=C\C/C=C\C/C=C\C/C=C\CCCCCCCCCCCCCCCCC(=O)OCC(COC(=O)CCCCCCCCCCCC)OC(=O)CCCCCCCCCCCCCCCCC. The quantitative estimate of drug-likeness (QED) is 0.0261. The Morgan fingerprint density at radius 1 is 0.300 bits per heavy atom. The van der Waals surface area contributed by atoms with Gasteiger partial charge in [-0.15, -0.1) is 0 Å². The number of hydrogen-bond acceptors (Lipinski definition) is 6. The number of allylic oxidation sites excluding steroid dienone is 8. The van der Waals surface area contributed by atoms with Crippen LogP contribution in [0.15, 0.2) is 48.6 Å². The fraction of sp³-hybridized carbons (Fsp3) is 0.828. The third-order valence-corrected chi connectivity index (χ3v) is 13.6. The molecule has 0 amide bonds. The topological polar surface area (TPSA) is 78.9 Å². The molecule has 6 nitrogen and oxygen atoms in total. The largest absolute Gasteiger partial charge is 0.462 e. The zero-order chi connectivity index (χ0) is 50.7. The lowest BCUT2D eigenvalue weighted by molar-refractivity contribution is -0.167. The van der Waals surface area contributed by atoms with E-state index < -0.39 is 6.10 Å². The molecule has 0 radical (unpaired) electrons. The maximum atomic E-state index is 12.8. The average molecular weight is 982 g/mol. The summed E-state index contributed by atoms with van der Waals surface area (Å²) >= 11 is 0. The van der Waals surface area contributed by atoms with Crippen molar-refractivity contribution in [3.05, 3.63) is 48.6 Å². The van der Waals surface area contributed by atoms with E-state index in [0.717, 1.165) is 83.5 Å². The second kappa shape index (κ2) is 58.9. The first-order valence-electron chi connectivity index (χ1n) is 30.6. The minimum atomic E-state index is -0.767. The van der Waals surface area contributed by atoms with Gasteiger partial charge in [0, 0.05) is 19.3 Å². The van der Waals surface area contributed by atoms with Crippen LogP contribution in [0.25, 0.3) is 0 Å². The summed E-state index contributed by atoms with van der Waals surface area (Å²) in [6.07, 6.45) is 72.6. The fourth-order valence-electron chi connectivity index (χ4n) is 9.02. The van der Waals surface area contributed by atoms with Crippen LogP contribution in [0.4, 0.5) is 0 Å². The van der Waals surface area contributed by atoms with Gasteiger partial charge in [-0.3, -0.25) is 14.4 Å². The van der Waals surface area contributed by atoms with Gasteiger partial charge in [-0.1, -0.05) is 294 Å². The van der Waals surface area contributed by atoms with Gasteiger partial charge in [-0.2, -0.15) is 0 Å². The monoisotopic (exact) mass is 981 g/mol. The van der Waals surface area contributed by atoms with Gasteiger partial charge in [-0.25, -0.2) is 0 Å². The first-order valence-corrected chi connectivity index (χ1v) is 30.6. The zero-order valence-corrected chi connectivity index (χ0v) is 46.8. The molecule has 0 aromatic carbocycles. The Morgan fingerprint density at radius 3 is 0.871 bits per heavy atom. The molecule has 0 rings (SSSR count). The molecule has 0 aromatic rings. The summed E-state index contributed by atoms with van der Waals surface area (Å²) in [5.41, 5.74) is 0. The molecule has 0 saturated heterocycles. The smallest absolute Gasteiger partial charge is 0.306 e. The van der Waals surface area contributed by atoms with Crippen LogP contribution in [-0.2, 0) is 28.6 Å². The molecule has 1 unspecified atom stereocenters. The van der Waals surface area contributed by atoms with Crippen LogP contribution < -0.4 is 0 Å². The van der Waals surface area contributed by atoms with E-state index in [1.807, 2.05) is 0 Å². The van der Waals surface area contributed by atoms with Gasteiger partial charge in [0.15, 0.2) is 6.10 Å². The third-order valence-electron chi connectivity index (χ3n) is 13.6. The highest BCUT2D eigenvalue weighted by Crippen LogP contribution is 2.17. The molecule has 0 bridgehead atoms. The van der Waals surface area contributed by atoms with Crippen LogP contribution >= 0.6 is 0 Å². The van der Waals surface area contributed by atoms with Crippen LogP contribution in [0.1, 0.15) is 323 Å². The Kier molecular flexibility index (Phi) is 56.7. The second-order valence-electron chi connectivity index (χ2n) is 20.6. The highest BCUT2D eigenvalue weighted by molar-refractivity contribution is 5.71. The lowest BCUT2D eigenvalue weighted by atomic mass is 10.0. The van der Waals surface area contributed by atoms with Crippen molar-refractivity contribution in [2.75, 3.05) is 13.2 Å². The zero-order valence-electron chi connectivity index (χ0n) is 46.8. The van der Waals surface area contributed by atoms with Crippen LogP contribution in [0.5, 0.6) is 0 Å². The van der Waals surface area contributed by atoms with E-state index in [2.05, 4.69) is 69.4 Å². The van der Waals surface area contributed by atoms with E-state index in [1.165, 1.54) is 199 Å². The van der Waals surface area contributed by atoms with Crippen molar-refractivity contribution in [3.63, 3.8) is 0 Å². The molecule has 0 spiro atoms. The third kappa shape index (κ3) is 56.3. The number of ether oxygens (including phenoxy) is 3. The Hall–Kier alpha value is -2.63. The molecular formula is C64H116O6. The molecule has 408 valence electrons. The molecule has 1 atom stereocenters. The number of unbranched alkanes of at least 4 members (excludes halogenated alkanes) is 37. The molecule has 0 saturated carbocycles. The van der Waals surface area contributed by atoms with Crippen LogP contribution in [-0.4, -0.2) is 37.2 Å². The van der Waals surface area contributed by atoms with Crippen molar-refractivity contribution < 1.29 is 28.6 Å². The number of rotatable bonds is 56. The Balaban J connectivity index is 4.16. The average Bonchev–Trinajstić information content (AvgIpc) is 3.36. The minimum Gasteiger partial charge on any atom is -0.462 e. The molecule has 0 fully saturated rings. The van der Waals surface area contributed by atoms with Crippen LogP contribution in [0, 0.1) is 0 Å². The van der Waals surface area contributed by atoms with Gasteiger partial charge in [-0.05, 0) is 57.8 Å². The summed E-state index contributed by atoms with van der Waals surface area (Å²) < 4.78 is 16.9. The van der Waals surface area contributed by atoms with Crippen molar-refractivity contribution in [3.8, 4) is 0 Å². The summed E-state index contributed by atoms with van der Waals surface area (Å²) in [7, 11) is 0. The van der Waals surface area contributed by atoms with Gasteiger partial charge in [0.25, 0.3) is 0 Å². The van der Waals surface area contributed by atoms with Crippen LogP contribution in [0.3, 0.4) is 0 Å². The van der Waals surface area contributed by atoms with E-state index in [1.54, 1.807) is 0 Å².